The highest BCUT2D eigenvalue weighted by Crippen LogP contribution is 2.37. The normalized spacial score (nSPS) is 16.8. The molecule has 4 rings (SSSR count). The molecule has 0 heterocycles. The molecule has 0 bridgehead atoms. The molecule has 0 N–H and O–H groups in total. The maximum Gasteiger partial charge on any atom is 0.167 e. The van der Waals surface area contributed by atoms with Crippen LogP contribution in [-0.4, -0.2) is 12.2 Å². The van der Waals surface area contributed by atoms with E-state index in [0.29, 0.717) is 17.5 Å². The molecule has 0 saturated heterocycles. The fourth-order valence-electron chi connectivity index (χ4n) is 5.53. The Morgan fingerprint density at radius 2 is 1.25 bits per heavy atom. The molecule has 1 atom stereocenters. The number of ether oxygens (including phenoxy) is 1. The minimum atomic E-state index is -0.806. The fraction of sp³-hybridized carbons (Fsp3) is 0.405. The Labute approximate surface area is 240 Å². The summed E-state index contributed by atoms with van der Waals surface area (Å²) in [6, 6.07) is 21.0. The Kier molecular flexibility index (Phi) is 11.3. The lowest BCUT2D eigenvalue weighted by molar-refractivity contribution is -0.0164. The van der Waals surface area contributed by atoms with Gasteiger partial charge in [-0.05, 0) is 41.5 Å². The van der Waals surface area contributed by atoms with Crippen LogP contribution in [0.15, 0.2) is 85.0 Å². The zero-order valence-electron chi connectivity index (χ0n) is 24.2. The first-order valence-electron chi connectivity index (χ1n) is 15.2. The summed E-state index contributed by atoms with van der Waals surface area (Å²) in [5.41, 5.74) is 3.75. The lowest BCUT2D eigenvalue weighted by Gasteiger charge is -2.33. The van der Waals surface area contributed by atoms with Gasteiger partial charge in [0, 0.05) is 17.7 Å². The van der Waals surface area contributed by atoms with Crippen LogP contribution in [0.2, 0.25) is 0 Å². The van der Waals surface area contributed by atoms with E-state index in [1.54, 1.807) is 12.1 Å². The van der Waals surface area contributed by atoms with Crippen LogP contribution < -0.4 is 0 Å². The number of allylic oxidation sites excluding steroid dienone is 2. The highest BCUT2D eigenvalue weighted by Gasteiger charge is 2.30. The number of rotatable bonds is 15. The van der Waals surface area contributed by atoms with Gasteiger partial charge >= 0.3 is 0 Å². The minimum absolute atomic E-state index is 0.276. The zero-order valence-corrected chi connectivity index (χ0v) is 24.2. The van der Waals surface area contributed by atoms with Crippen molar-refractivity contribution in [3.05, 3.63) is 102 Å². The van der Waals surface area contributed by atoms with Crippen molar-refractivity contribution in [3.63, 3.8) is 0 Å². The molecule has 40 heavy (non-hydrogen) atoms. The van der Waals surface area contributed by atoms with Crippen molar-refractivity contribution in [1.82, 2.24) is 0 Å². The van der Waals surface area contributed by atoms with Crippen LogP contribution in [0.25, 0.3) is 27.8 Å². The third-order valence-electron chi connectivity index (χ3n) is 8.02. The second-order valence-corrected chi connectivity index (χ2v) is 11.1. The van der Waals surface area contributed by atoms with E-state index < -0.39 is 11.6 Å². The topological polar surface area (TPSA) is 9.23 Å². The lowest BCUT2D eigenvalue weighted by Crippen LogP contribution is -2.31. The number of hydrogen-bond acceptors (Lipinski definition) is 1. The Morgan fingerprint density at radius 1 is 0.650 bits per heavy atom. The van der Waals surface area contributed by atoms with Gasteiger partial charge in [0.15, 0.2) is 11.6 Å². The quantitative estimate of drug-likeness (QED) is 0.174. The first kappa shape index (κ1) is 29.9. The zero-order chi connectivity index (χ0) is 28.2. The summed E-state index contributed by atoms with van der Waals surface area (Å²) in [4.78, 5) is 0. The van der Waals surface area contributed by atoms with E-state index in [0.717, 1.165) is 55.4 Å². The summed E-state index contributed by atoms with van der Waals surface area (Å²) >= 11 is 0. The Morgan fingerprint density at radius 3 is 1.95 bits per heavy atom. The van der Waals surface area contributed by atoms with Gasteiger partial charge in [-0.25, -0.2) is 8.78 Å². The van der Waals surface area contributed by atoms with Gasteiger partial charge in [-0.3, -0.25) is 0 Å². The van der Waals surface area contributed by atoms with Crippen molar-refractivity contribution < 1.29 is 13.5 Å². The van der Waals surface area contributed by atoms with Crippen molar-refractivity contribution in [2.24, 2.45) is 0 Å². The molecular weight excluding hydrogens is 498 g/mol. The van der Waals surface area contributed by atoms with Crippen LogP contribution in [0.5, 0.6) is 0 Å². The van der Waals surface area contributed by atoms with Gasteiger partial charge in [0.2, 0.25) is 0 Å². The van der Waals surface area contributed by atoms with Gasteiger partial charge in [-0.1, -0.05) is 150 Å². The molecule has 0 saturated carbocycles. The number of benzene rings is 3. The average Bonchev–Trinajstić information content (AvgIpc) is 3.00. The molecule has 1 aliphatic carbocycles. The number of unbranched alkanes of at least 4 members (excludes halogenated alkanes) is 7. The van der Waals surface area contributed by atoms with Gasteiger partial charge in [-0.15, -0.1) is 0 Å². The van der Waals surface area contributed by atoms with Gasteiger partial charge < -0.3 is 4.74 Å². The van der Waals surface area contributed by atoms with E-state index in [1.165, 1.54) is 32.1 Å². The average molecular weight is 543 g/mol. The van der Waals surface area contributed by atoms with Crippen molar-refractivity contribution in [2.75, 3.05) is 6.61 Å². The molecule has 0 radical (unpaired) electrons. The SMILES string of the molecule is CCCCCCCCC1(OCCCCC)C=CC(c2ccc(-c3ccc(-c4ccccc4)cc3)c(F)c2F)=CC1. The molecule has 3 aromatic rings. The first-order valence-corrected chi connectivity index (χ1v) is 15.2. The van der Waals surface area contributed by atoms with Crippen molar-refractivity contribution >= 4 is 5.57 Å². The van der Waals surface area contributed by atoms with E-state index >= 15 is 8.78 Å². The molecule has 1 aliphatic rings. The third-order valence-corrected chi connectivity index (χ3v) is 8.02. The van der Waals surface area contributed by atoms with E-state index in [4.69, 9.17) is 4.74 Å². The predicted molar refractivity (Wildman–Crippen MR) is 165 cm³/mol. The monoisotopic (exact) mass is 542 g/mol. The smallest absolute Gasteiger partial charge is 0.167 e. The summed E-state index contributed by atoms with van der Waals surface area (Å²) in [7, 11) is 0. The molecule has 212 valence electrons. The highest BCUT2D eigenvalue weighted by atomic mass is 19.2. The van der Waals surface area contributed by atoms with Crippen LogP contribution in [0.1, 0.15) is 90.0 Å². The highest BCUT2D eigenvalue weighted by molar-refractivity contribution is 5.78. The Hall–Kier alpha value is -3.04. The molecule has 3 aromatic carbocycles. The summed E-state index contributed by atoms with van der Waals surface area (Å²) in [6.45, 7) is 5.17. The molecular formula is C37H44F2O. The Balaban J connectivity index is 1.46. The van der Waals surface area contributed by atoms with Crippen molar-refractivity contribution in [2.45, 2.75) is 90.1 Å². The standard InChI is InChI=1S/C37H44F2O/c1-3-5-7-8-9-13-25-37(40-28-14-6-4-2)26-23-32(24-27-37)34-22-21-33(35(38)36(34)39)31-19-17-30(18-20-31)29-15-11-10-12-16-29/h10-12,15-24,26H,3-9,13-14,25,27-28H2,1-2H3. The minimum Gasteiger partial charge on any atom is -0.371 e. The molecule has 3 heteroatoms. The number of halogens is 2. The van der Waals surface area contributed by atoms with Crippen molar-refractivity contribution in [3.8, 4) is 22.3 Å². The fourth-order valence-corrected chi connectivity index (χ4v) is 5.53. The van der Waals surface area contributed by atoms with Crippen LogP contribution in [0.4, 0.5) is 8.78 Å². The molecule has 0 aliphatic heterocycles. The number of hydrogen-bond donors (Lipinski definition) is 0. The van der Waals surface area contributed by atoms with Gasteiger partial charge in [0.1, 0.15) is 0 Å². The van der Waals surface area contributed by atoms with Crippen LogP contribution >= 0.6 is 0 Å². The van der Waals surface area contributed by atoms with Crippen LogP contribution in [0.3, 0.4) is 0 Å². The summed E-state index contributed by atoms with van der Waals surface area (Å²) in [6.07, 6.45) is 18.5. The lowest BCUT2D eigenvalue weighted by atomic mass is 9.84. The Bertz CT molecular complexity index is 1260. The van der Waals surface area contributed by atoms with Gasteiger partial charge in [0.25, 0.3) is 0 Å². The summed E-state index contributed by atoms with van der Waals surface area (Å²) < 4.78 is 37.2. The molecule has 0 aromatic heterocycles. The van der Waals surface area contributed by atoms with Crippen LogP contribution in [-0.2, 0) is 4.74 Å². The van der Waals surface area contributed by atoms with E-state index in [2.05, 4.69) is 19.9 Å². The van der Waals surface area contributed by atoms with E-state index in [1.807, 2.05) is 66.7 Å². The second kappa shape index (κ2) is 15.1. The summed E-state index contributed by atoms with van der Waals surface area (Å²) in [5.74, 6) is -1.60. The first-order chi connectivity index (χ1) is 19.6. The molecule has 0 amide bonds. The van der Waals surface area contributed by atoms with Crippen LogP contribution in [0, 0.1) is 11.6 Å². The molecule has 1 unspecified atom stereocenters. The van der Waals surface area contributed by atoms with E-state index in [-0.39, 0.29) is 11.2 Å². The molecule has 0 fully saturated rings. The molecule has 0 spiro atoms. The van der Waals surface area contributed by atoms with Crippen molar-refractivity contribution in [1.29, 1.82) is 0 Å². The molecule has 1 nitrogen and oxygen atoms in total. The van der Waals surface area contributed by atoms with Gasteiger partial charge in [0.05, 0.1) is 5.60 Å². The maximum atomic E-state index is 15.4. The van der Waals surface area contributed by atoms with E-state index in [9.17, 15) is 0 Å². The predicted octanol–water partition coefficient (Wildman–Crippen LogP) is 11.3. The second-order valence-electron chi connectivity index (χ2n) is 11.1. The largest absolute Gasteiger partial charge is 0.371 e. The summed E-state index contributed by atoms with van der Waals surface area (Å²) in [5, 5.41) is 0. The van der Waals surface area contributed by atoms with Gasteiger partial charge in [-0.2, -0.15) is 0 Å². The third kappa shape index (κ3) is 7.79. The maximum absolute atomic E-state index is 15.4.